The fraction of sp³-hybridized carbons (Fsp3) is 0.111. The number of rotatable bonds is 0. The Morgan fingerprint density at radius 3 is 3.08 bits per heavy atom. The van der Waals surface area contributed by atoms with E-state index in [0.717, 1.165) is 16.5 Å². The second-order valence-electron chi connectivity index (χ2n) is 2.71. The van der Waals surface area contributed by atoms with E-state index >= 15 is 0 Å². The summed E-state index contributed by atoms with van der Waals surface area (Å²) in [5.74, 6) is 0.304. The van der Waals surface area contributed by atoms with E-state index in [1.54, 1.807) is 12.4 Å². The van der Waals surface area contributed by atoms with Crippen LogP contribution in [0.5, 0.6) is 0 Å². The van der Waals surface area contributed by atoms with Gasteiger partial charge in [0, 0.05) is 23.5 Å². The molecule has 2 heterocycles. The van der Waals surface area contributed by atoms with Crippen molar-refractivity contribution < 1.29 is 0 Å². The number of nitrogens with one attached hydrogen (secondary N) is 1. The number of aromatic nitrogens is 2. The third kappa shape index (κ3) is 0.993. The van der Waals surface area contributed by atoms with Gasteiger partial charge in [-0.25, -0.2) is 4.98 Å². The van der Waals surface area contributed by atoms with Crippen LogP contribution in [0.15, 0.2) is 24.5 Å². The van der Waals surface area contributed by atoms with Gasteiger partial charge in [0.1, 0.15) is 0 Å². The summed E-state index contributed by atoms with van der Waals surface area (Å²) in [6, 6.07) is 3.84. The largest absolute Gasteiger partial charge is 0.282 e. The second-order valence-corrected chi connectivity index (χ2v) is 2.71. The van der Waals surface area contributed by atoms with Crippen LogP contribution in [0.3, 0.4) is 0 Å². The van der Waals surface area contributed by atoms with Gasteiger partial charge in [0.05, 0.1) is 0 Å². The molecule has 0 spiro atoms. The van der Waals surface area contributed by atoms with Gasteiger partial charge in [-0.1, -0.05) is 0 Å². The molecule has 12 heavy (non-hydrogen) atoms. The van der Waals surface area contributed by atoms with Crippen molar-refractivity contribution in [3.8, 4) is 0 Å². The summed E-state index contributed by atoms with van der Waals surface area (Å²) >= 11 is 0. The number of pyridine rings is 2. The smallest absolute Gasteiger partial charge is 0.154 e. The van der Waals surface area contributed by atoms with Gasteiger partial charge in [0.15, 0.2) is 5.82 Å². The summed E-state index contributed by atoms with van der Waals surface area (Å²) in [6.45, 7) is 1.89. The number of hydrogen-bond acceptors (Lipinski definition) is 2. The molecule has 0 saturated heterocycles. The van der Waals surface area contributed by atoms with Gasteiger partial charge in [-0.3, -0.25) is 10.7 Å². The summed E-state index contributed by atoms with van der Waals surface area (Å²) in [6.07, 6.45) is 3.39. The van der Waals surface area contributed by atoms with Gasteiger partial charge in [0.2, 0.25) is 0 Å². The quantitative estimate of drug-likeness (QED) is 0.587. The maximum absolute atomic E-state index is 7.55. The molecule has 0 atom stereocenters. The van der Waals surface area contributed by atoms with Crippen LogP contribution in [0.2, 0.25) is 0 Å². The Kier molecular flexibility index (Phi) is 1.43. The van der Waals surface area contributed by atoms with Crippen molar-refractivity contribution in [1.29, 1.82) is 0 Å². The molecule has 2 rings (SSSR count). The van der Waals surface area contributed by atoms with Crippen LogP contribution in [-0.2, 0) is 0 Å². The lowest BCUT2D eigenvalue weighted by Crippen LogP contribution is -1.86. The molecule has 2 aromatic rings. The van der Waals surface area contributed by atoms with Gasteiger partial charge in [-0.05, 0) is 24.4 Å². The summed E-state index contributed by atoms with van der Waals surface area (Å²) in [4.78, 5) is 7.97. The summed E-state index contributed by atoms with van der Waals surface area (Å²) in [5, 5.41) is 1.84. The molecule has 0 fully saturated rings. The monoisotopic (exact) mass is 158 g/mol. The lowest BCUT2D eigenvalue weighted by atomic mass is 10.2. The maximum atomic E-state index is 7.55. The van der Waals surface area contributed by atoms with E-state index in [0.29, 0.717) is 5.82 Å². The first-order valence-electron chi connectivity index (χ1n) is 3.70. The Labute approximate surface area is 70.3 Å². The number of fused-ring (bicyclic) bond motifs is 1. The Morgan fingerprint density at radius 1 is 1.42 bits per heavy atom. The van der Waals surface area contributed by atoms with Crippen LogP contribution in [0.4, 0.5) is 5.82 Å². The molecule has 0 bridgehead atoms. The lowest BCUT2D eigenvalue weighted by Gasteiger charge is -2.00. The molecule has 0 aromatic carbocycles. The molecule has 3 nitrogen and oxygen atoms in total. The highest BCUT2D eigenvalue weighted by molar-refractivity contribution is 5.89. The van der Waals surface area contributed by atoms with Crippen molar-refractivity contribution in [2.45, 2.75) is 6.92 Å². The van der Waals surface area contributed by atoms with Gasteiger partial charge in [-0.2, -0.15) is 0 Å². The minimum absolute atomic E-state index is 0.304. The fourth-order valence-electron chi connectivity index (χ4n) is 1.22. The van der Waals surface area contributed by atoms with E-state index in [1.165, 1.54) is 0 Å². The van der Waals surface area contributed by atoms with E-state index in [2.05, 4.69) is 9.97 Å². The molecule has 0 aliphatic rings. The van der Waals surface area contributed by atoms with Crippen LogP contribution in [0, 0.1) is 6.92 Å². The van der Waals surface area contributed by atoms with Crippen LogP contribution < -0.4 is 5.73 Å². The van der Waals surface area contributed by atoms with E-state index in [9.17, 15) is 0 Å². The molecule has 0 aliphatic carbocycles. The molecule has 0 saturated carbocycles. The van der Waals surface area contributed by atoms with Crippen LogP contribution in [0.1, 0.15) is 5.69 Å². The summed E-state index contributed by atoms with van der Waals surface area (Å²) in [5.41, 5.74) is 8.43. The van der Waals surface area contributed by atoms with Crippen LogP contribution in [0.25, 0.3) is 10.8 Å². The highest BCUT2D eigenvalue weighted by Gasteiger charge is 1.99. The molecule has 1 radical (unpaired) electrons. The second kappa shape index (κ2) is 2.44. The first-order valence-corrected chi connectivity index (χ1v) is 3.70. The van der Waals surface area contributed by atoms with Crippen molar-refractivity contribution in [2.75, 3.05) is 0 Å². The molecule has 1 N–H and O–H groups in total. The maximum Gasteiger partial charge on any atom is 0.154 e. The number of aryl methyl sites for hydroxylation is 1. The van der Waals surface area contributed by atoms with Gasteiger partial charge < -0.3 is 0 Å². The van der Waals surface area contributed by atoms with E-state index in [4.69, 9.17) is 5.73 Å². The third-order valence-corrected chi connectivity index (χ3v) is 1.76. The zero-order chi connectivity index (χ0) is 8.55. The molecule has 0 amide bonds. The SMILES string of the molecule is Cc1cc2ccncc2c([NH])n1. The summed E-state index contributed by atoms with van der Waals surface area (Å²) in [7, 11) is 0. The van der Waals surface area contributed by atoms with E-state index in [1.807, 2.05) is 19.1 Å². The molecular formula is C9H8N3. The molecule has 59 valence electrons. The normalized spacial score (nSPS) is 10.4. The standard InChI is InChI=1S/C9H8N3/c1-6-4-7-2-3-11-5-8(7)9(10)12-6/h2-5,10H,1H3. The van der Waals surface area contributed by atoms with Crippen molar-refractivity contribution in [1.82, 2.24) is 15.7 Å². The van der Waals surface area contributed by atoms with Crippen molar-refractivity contribution in [3.63, 3.8) is 0 Å². The fourth-order valence-corrected chi connectivity index (χ4v) is 1.22. The number of nitrogens with zero attached hydrogens (tertiary/aromatic N) is 2. The van der Waals surface area contributed by atoms with Gasteiger partial charge in [-0.15, -0.1) is 0 Å². The summed E-state index contributed by atoms with van der Waals surface area (Å²) < 4.78 is 0. The highest BCUT2D eigenvalue weighted by atomic mass is 14.8. The van der Waals surface area contributed by atoms with Crippen molar-refractivity contribution in [3.05, 3.63) is 30.2 Å². The number of hydrogen-bond donors (Lipinski definition) is 0. The first-order chi connectivity index (χ1) is 5.77. The zero-order valence-corrected chi connectivity index (χ0v) is 6.70. The molecule has 2 aromatic heterocycles. The molecule has 3 heteroatoms. The lowest BCUT2D eigenvalue weighted by molar-refractivity contribution is 1.18. The average molecular weight is 158 g/mol. The van der Waals surface area contributed by atoms with Gasteiger partial charge >= 0.3 is 0 Å². The first kappa shape index (κ1) is 7.03. The topological polar surface area (TPSA) is 49.6 Å². The Balaban J connectivity index is 2.89. The zero-order valence-electron chi connectivity index (χ0n) is 6.70. The predicted molar refractivity (Wildman–Crippen MR) is 47.0 cm³/mol. The molecule has 0 unspecified atom stereocenters. The van der Waals surface area contributed by atoms with Crippen LogP contribution >= 0.6 is 0 Å². The molecular weight excluding hydrogens is 150 g/mol. The van der Waals surface area contributed by atoms with Crippen LogP contribution in [-0.4, -0.2) is 9.97 Å². The van der Waals surface area contributed by atoms with E-state index in [-0.39, 0.29) is 0 Å². The van der Waals surface area contributed by atoms with E-state index < -0.39 is 0 Å². The minimum Gasteiger partial charge on any atom is -0.282 e. The Morgan fingerprint density at radius 2 is 2.25 bits per heavy atom. The Hall–Kier alpha value is -1.64. The molecule has 0 aliphatic heterocycles. The highest BCUT2D eigenvalue weighted by Crippen LogP contribution is 2.19. The Bertz CT molecular complexity index is 423. The predicted octanol–water partition coefficient (Wildman–Crippen LogP) is 1.85. The van der Waals surface area contributed by atoms with Crippen molar-refractivity contribution in [2.24, 2.45) is 0 Å². The average Bonchev–Trinajstić information content (AvgIpc) is 2.04. The minimum atomic E-state index is 0.304. The van der Waals surface area contributed by atoms with Gasteiger partial charge in [0.25, 0.3) is 0 Å². The third-order valence-electron chi connectivity index (χ3n) is 1.76. The van der Waals surface area contributed by atoms with Crippen molar-refractivity contribution >= 4 is 16.6 Å².